The molecule has 0 nitrogen and oxygen atoms in total. The van der Waals surface area contributed by atoms with E-state index in [-0.39, 0.29) is 0 Å². The summed E-state index contributed by atoms with van der Waals surface area (Å²) < 4.78 is 0. The second-order valence-corrected chi connectivity index (χ2v) is 5.63. The summed E-state index contributed by atoms with van der Waals surface area (Å²) in [7, 11) is 6.07. The molecule has 0 saturated heterocycles. The van der Waals surface area contributed by atoms with Crippen LogP contribution in [0, 0.1) is 17.3 Å². The molecule has 0 amide bonds. The monoisotopic (exact) mass is 174 g/mol. The molecule has 0 aliphatic heterocycles. The Morgan fingerprint density at radius 3 is 2.46 bits per heavy atom. The van der Waals surface area contributed by atoms with Gasteiger partial charge in [0.05, 0.1) is 7.85 Å². The van der Waals surface area contributed by atoms with E-state index in [1.165, 1.54) is 51.4 Å². The highest BCUT2D eigenvalue weighted by atomic mass is 14.6. The SMILES string of the molecule is [B]C1CCC23CCC2CCCC3C1. The molecule has 2 radical (unpaired) electrons. The molecule has 3 saturated carbocycles. The summed E-state index contributed by atoms with van der Waals surface area (Å²) in [6.45, 7) is 0. The fraction of sp³-hybridized carbons (Fsp3) is 1.00. The van der Waals surface area contributed by atoms with Gasteiger partial charge < -0.3 is 0 Å². The summed E-state index contributed by atoms with van der Waals surface area (Å²) in [6, 6.07) is 0. The maximum atomic E-state index is 6.07. The van der Waals surface area contributed by atoms with Crippen molar-refractivity contribution in [3.8, 4) is 0 Å². The van der Waals surface area contributed by atoms with E-state index in [1.807, 2.05) is 0 Å². The largest absolute Gasteiger partial charge is 0.0771 e. The lowest BCUT2D eigenvalue weighted by Crippen LogP contribution is -2.51. The van der Waals surface area contributed by atoms with E-state index in [1.54, 1.807) is 0 Å². The van der Waals surface area contributed by atoms with Crippen LogP contribution in [0.4, 0.5) is 0 Å². The molecule has 3 fully saturated rings. The van der Waals surface area contributed by atoms with Crippen molar-refractivity contribution in [1.82, 2.24) is 0 Å². The lowest BCUT2D eigenvalue weighted by atomic mass is 9.43. The first-order valence-electron chi connectivity index (χ1n) is 6.07. The molecule has 4 atom stereocenters. The fourth-order valence-corrected chi connectivity index (χ4v) is 4.41. The predicted molar refractivity (Wildman–Crippen MR) is 55.9 cm³/mol. The third-order valence-corrected chi connectivity index (χ3v) is 5.26. The van der Waals surface area contributed by atoms with Gasteiger partial charge in [-0.3, -0.25) is 0 Å². The Labute approximate surface area is 82.9 Å². The van der Waals surface area contributed by atoms with Crippen LogP contribution in [0.5, 0.6) is 0 Å². The zero-order valence-corrected chi connectivity index (χ0v) is 8.47. The van der Waals surface area contributed by atoms with Gasteiger partial charge in [0.15, 0.2) is 0 Å². The second-order valence-electron chi connectivity index (χ2n) is 5.63. The molecule has 0 bridgehead atoms. The molecule has 1 heteroatoms. The molecule has 0 aromatic carbocycles. The minimum atomic E-state index is 0.537. The molecule has 4 unspecified atom stereocenters. The van der Waals surface area contributed by atoms with Gasteiger partial charge in [0.1, 0.15) is 0 Å². The maximum Gasteiger partial charge on any atom is 0.0699 e. The van der Waals surface area contributed by atoms with Gasteiger partial charge in [0.2, 0.25) is 0 Å². The third kappa shape index (κ3) is 1.05. The first-order chi connectivity index (χ1) is 6.31. The van der Waals surface area contributed by atoms with Crippen LogP contribution < -0.4 is 0 Å². The average molecular weight is 174 g/mol. The fourth-order valence-electron chi connectivity index (χ4n) is 4.41. The minimum absolute atomic E-state index is 0.537. The first kappa shape index (κ1) is 8.38. The highest BCUT2D eigenvalue weighted by Crippen LogP contribution is 2.65. The van der Waals surface area contributed by atoms with Crippen LogP contribution in [0.25, 0.3) is 0 Å². The van der Waals surface area contributed by atoms with Crippen molar-refractivity contribution in [2.24, 2.45) is 17.3 Å². The van der Waals surface area contributed by atoms with E-state index in [9.17, 15) is 0 Å². The van der Waals surface area contributed by atoms with Gasteiger partial charge in [0.25, 0.3) is 0 Å². The maximum absolute atomic E-state index is 6.07. The molecule has 70 valence electrons. The summed E-state index contributed by atoms with van der Waals surface area (Å²) in [5.41, 5.74) is 0.814. The summed E-state index contributed by atoms with van der Waals surface area (Å²) in [4.78, 5) is 0. The molecule has 3 aliphatic carbocycles. The van der Waals surface area contributed by atoms with Crippen molar-refractivity contribution < 1.29 is 0 Å². The standard InChI is InChI=1S/C12H19B/c13-11-5-7-12-6-4-9(12)2-1-3-10(12)8-11/h9-11H,1-8H2. The zero-order valence-electron chi connectivity index (χ0n) is 8.47. The van der Waals surface area contributed by atoms with E-state index in [2.05, 4.69) is 0 Å². The van der Waals surface area contributed by atoms with Gasteiger partial charge in [-0.15, -0.1) is 0 Å². The molecular weight excluding hydrogens is 155 g/mol. The third-order valence-electron chi connectivity index (χ3n) is 5.26. The Hall–Kier alpha value is 0.0649. The van der Waals surface area contributed by atoms with Crippen LogP contribution in [0.3, 0.4) is 0 Å². The molecule has 3 aliphatic rings. The van der Waals surface area contributed by atoms with E-state index >= 15 is 0 Å². The lowest BCUT2D eigenvalue weighted by molar-refractivity contribution is -0.0948. The van der Waals surface area contributed by atoms with Crippen molar-refractivity contribution in [2.75, 3.05) is 0 Å². The van der Waals surface area contributed by atoms with E-state index in [0.717, 1.165) is 17.3 Å². The van der Waals surface area contributed by atoms with Crippen LogP contribution in [0.1, 0.15) is 51.4 Å². The summed E-state index contributed by atoms with van der Waals surface area (Å²) in [5.74, 6) is 2.66. The zero-order chi connectivity index (χ0) is 8.89. The highest BCUT2D eigenvalue weighted by Gasteiger charge is 2.54. The molecule has 3 rings (SSSR count). The van der Waals surface area contributed by atoms with E-state index in [0.29, 0.717) is 5.82 Å². The quantitative estimate of drug-likeness (QED) is 0.494. The van der Waals surface area contributed by atoms with Crippen molar-refractivity contribution in [2.45, 2.75) is 57.2 Å². The van der Waals surface area contributed by atoms with Gasteiger partial charge >= 0.3 is 0 Å². The van der Waals surface area contributed by atoms with Crippen molar-refractivity contribution >= 4 is 7.85 Å². The van der Waals surface area contributed by atoms with Crippen molar-refractivity contribution in [3.05, 3.63) is 0 Å². The van der Waals surface area contributed by atoms with Crippen LogP contribution in [0.2, 0.25) is 5.82 Å². The highest BCUT2D eigenvalue weighted by molar-refractivity contribution is 6.11. The van der Waals surface area contributed by atoms with Crippen LogP contribution in [-0.4, -0.2) is 7.85 Å². The molecule has 13 heavy (non-hydrogen) atoms. The lowest BCUT2D eigenvalue weighted by Gasteiger charge is -2.61. The average Bonchev–Trinajstić information content (AvgIpc) is 2.09. The summed E-state index contributed by atoms with van der Waals surface area (Å²) in [6.07, 6.45) is 11.7. The smallest absolute Gasteiger partial charge is 0.0699 e. The van der Waals surface area contributed by atoms with Crippen LogP contribution in [0.15, 0.2) is 0 Å². The van der Waals surface area contributed by atoms with Gasteiger partial charge in [0, 0.05) is 0 Å². The normalized spacial score (nSPS) is 54.6. The predicted octanol–water partition coefficient (Wildman–Crippen LogP) is 3.32. The molecule has 0 heterocycles. The molecule has 0 aromatic rings. The number of hydrogen-bond acceptors (Lipinski definition) is 0. The van der Waals surface area contributed by atoms with Gasteiger partial charge in [-0.2, -0.15) is 0 Å². The Balaban J connectivity index is 1.82. The number of rotatable bonds is 0. The number of hydrogen-bond donors (Lipinski definition) is 0. The Kier molecular flexibility index (Phi) is 1.79. The first-order valence-corrected chi connectivity index (χ1v) is 6.07. The van der Waals surface area contributed by atoms with Crippen LogP contribution in [-0.2, 0) is 0 Å². The molecule has 1 spiro atoms. The minimum Gasteiger partial charge on any atom is -0.0771 e. The van der Waals surface area contributed by atoms with Crippen LogP contribution >= 0.6 is 0 Å². The van der Waals surface area contributed by atoms with Gasteiger partial charge in [-0.1, -0.05) is 25.1 Å². The second kappa shape index (κ2) is 2.78. The van der Waals surface area contributed by atoms with Gasteiger partial charge in [-0.05, 0) is 49.4 Å². The van der Waals surface area contributed by atoms with Gasteiger partial charge in [-0.25, -0.2) is 0 Å². The van der Waals surface area contributed by atoms with E-state index in [4.69, 9.17) is 7.85 Å². The van der Waals surface area contributed by atoms with E-state index < -0.39 is 0 Å². The molecular formula is C12H19B. The topological polar surface area (TPSA) is 0 Å². The van der Waals surface area contributed by atoms with Crippen molar-refractivity contribution in [3.63, 3.8) is 0 Å². The Morgan fingerprint density at radius 1 is 0.923 bits per heavy atom. The van der Waals surface area contributed by atoms with Crippen molar-refractivity contribution in [1.29, 1.82) is 0 Å². The Bertz CT molecular complexity index is 213. The molecule has 0 N–H and O–H groups in total. The molecule has 0 aromatic heterocycles. The Morgan fingerprint density at radius 2 is 1.69 bits per heavy atom. The summed E-state index contributed by atoms with van der Waals surface area (Å²) in [5, 5.41) is 0. The summed E-state index contributed by atoms with van der Waals surface area (Å²) >= 11 is 0.